The first kappa shape index (κ1) is 9.68. The van der Waals surface area contributed by atoms with E-state index in [1.54, 1.807) is 6.20 Å². The lowest BCUT2D eigenvalue weighted by Crippen LogP contribution is -2.27. The molecule has 0 saturated carbocycles. The molecule has 76 valence electrons. The Hall–Kier alpha value is -0.870. The molecule has 14 heavy (non-hydrogen) atoms. The third-order valence-corrected chi connectivity index (χ3v) is 2.88. The Morgan fingerprint density at radius 1 is 1.43 bits per heavy atom. The van der Waals surface area contributed by atoms with Gasteiger partial charge in [-0.25, -0.2) is 9.78 Å². The molecule has 0 atom stereocenters. The second-order valence-corrected chi connectivity index (χ2v) is 3.86. The molecule has 2 N–H and O–H groups in total. The standard InChI is InChI=1S/C9H12ClN3O/c10-8-7(5-12-9(14)13-8)6-1-3-11-4-2-6/h5-6,11H,1-4H2,(H,12,13,14). The topological polar surface area (TPSA) is 57.8 Å². The minimum atomic E-state index is -0.382. The number of rotatable bonds is 1. The summed E-state index contributed by atoms with van der Waals surface area (Å²) in [6.07, 6.45) is 3.69. The van der Waals surface area contributed by atoms with Gasteiger partial charge in [0.05, 0.1) is 0 Å². The van der Waals surface area contributed by atoms with E-state index in [2.05, 4.69) is 15.3 Å². The zero-order valence-corrected chi connectivity index (χ0v) is 8.47. The minimum Gasteiger partial charge on any atom is -0.317 e. The molecule has 0 radical (unpaired) electrons. The van der Waals surface area contributed by atoms with Gasteiger partial charge in [-0.1, -0.05) is 11.6 Å². The lowest BCUT2D eigenvalue weighted by Gasteiger charge is -2.22. The van der Waals surface area contributed by atoms with E-state index in [-0.39, 0.29) is 5.69 Å². The van der Waals surface area contributed by atoms with Crippen LogP contribution in [0.3, 0.4) is 0 Å². The molecule has 5 heteroatoms. The van der Waals surface area contributed by atoms with Crippen LogP contribution in [0, 0.1) is 0 Å². The van der Waals surface area contributed by atoms with E-state index in [1.165, 1.54) is 0 Å². The molecule has 0 spiro atoms. The SMILES string of the molecule is O=c1ncc(C2CCNCC2)c(Cl)[nH]1. The van der Waals surface area contributed by atoms with Crippen molar-refractivity contribution >= 4 is 11.6 Å². The largest absolute Gasteiger partial charge is 0.346 e. The molecule has 1 aliphatic heterocycles. The number of nitrogens with one attached hydrogen (secondary N) is 2. The van der Waals surface area contributed by atoms with Gasteiger partial charge in [-0.05, 0) is 31.8 Å². The number of hydrogen-bond acceptors (Lipinski definition) is 3. The van der Waals surface area contributed by atoms with Crippen molar-refractivity contribution in [2.45, 2.75) is 18.8 Å². The van der Waals surface area contributed by atoms with Gasteiger partial charge in [0.25, 0.3) is 0 Å². The average Bonchev–Trinajstić information content (AvgIpc) is 2.19. The van der Waals surface area contributed by atoms with E-state index in [1.807, 2.05) is 0 Å². The Balaban J connectivity index is 2.26. The van der Waals surface area contributed by atoms with E-state index in [9.17, 15) is 4.79 Å². The minimum absolute atomic E-state index is 0.382. The number of halogens is 1. The van der Waals surface area contributed by atoms with Crippen molar-refractivity contribution in [3.8, 4) is 0 Å². The maximum absolute atomic E-state index is 10.9. The van der Waals surface area contributed by atoms with Crippen LogP contribution in [0.5, 0.6) is 0 Å². The Bertz CT molecular complexity index is 371. The van der Waals surface area contributed by atoms with Gasteiger partial charge in [-0.3, -0.25) is 4.98 Å². The molecule has 0 amide bonds. The van der Waals surface area contributed by atoms with Gasteiger partial charge in [0.15, 0.2) is 0 Å². The molecule has 2 rings (SSSR count). The molecule has 2 heterocycles. The summed E-state index contributed by atoms with van der Waals surface area (Å²) >= 11 is 5.95. The van der Waals surface area contributed by atoms with Crippen molar-refractivity contribution in [3.63, 3.8) is 0 Å². The molecule has 1 aromatic heterocycles. The number of H-pyrrole nitrogens is 1. The van der Waals surface area contributed by atoms with Gasteiger partial charge in [0.2, 0.25) is 0 Å². The summed E-state index contributed by atoms with van der Waals surface area (Å²) in [5.74, 6) is 0.424. The fraction of sp³-hybridized carbons (Fsp3) is 0.556. The first-order chi connectivity index (χ1) is 6.77. The highest BCUT2D eigenvalue weighted by Gasteiger charge is 2.18. The second-order valence-electron chi connectivity index (χ2n) is 3.48. The molecular formula is C9H12ClN3O. The predicted molar refractivity (Wildman–Crippen MR) is 54.7 cm³/mol. The van der Waals surface area contributed by atoms with E-state index < -0.39 is 0 Å². The van der Waals surface area contributed by atoms with E-state index >= 15 is 0 Å². The van der Waals surface area contributed by atoms with Crippen LogP contribution < -0.4 is 11.0 Å². The van der Waals surface area contributed by atoms with Crippen LogP contribution in [-0.2, 0) is 0 Å². The zero-order chi connectivity index (χ0) is 9.97. The van der Waals surface area contributed by atoms with Crippen LogP contribution in [0.25, 0.3) is 0 Å². The molecule has 4 nitrogen and oxygen atoms in total. The van der Waals surface area contributed by atoms with Crippen molar-refractivity contribution in [2.75, 3.05) is 13.1 Å². The molecule has 1 fully saturated rings. The van der Waals surface area contributed by atoms with Gasteiger partial charge in [0, 0.05) is 11.8 Å². The van der Waals surface area contributed by atoms with Gasteiger partial charge in [0.1, 0.15) is 5.15 Å². The summed E-state index contributed by atoms with van der Waals surface area (Å²) in [6.45, 7) is 2.00. The summed E-state index contributed by atoms with van der Waals surface area (Å²) in [5, 5.41) is 3.72. The smallest absolute Gasteiger partial charge is 0.317 e. The summed E-state index contributed by atoms with van der Waals surface area (Å²) in [4.78, 5) is 17.1. The average molecular weight is 214 g/mol. The van der Waals surface area contributed by atoms with Crippen LogP contribution in [0.15, 0.2) is 11.0 Å². The highest BCUT2D eigenvalue weighted by Crippen LogP contribution is 2.28. The van der Waals surface area contributed by atoms with Gasteiger partial charge < -0.3 is 5.32 Å². The van der Waals surface area contributed by atoms with Crippen molar-refractivity contribution in [1.29, 1.82) is 0 Å². The first-order valence-corrected chi connectivity index (χ1v) is 5.10. The van der Waals surface area contributed by atoms with E-state index in [4.69, 9.17) is 11.6 Å². The molecule has 0 bridgehead atoms. The zero-order valence-electron chi connectivity index (χ0n) is 7.72. The normalized spacial score (nSPS) is 18.4. The maximum Gasteiger partial charge on any atom is 0.346 e. The number of nitrogens with zero attached hydrogens (tertiary/aromatic N) is 1. The van der Waals surface area contributed by atoms with Gasteiger partial charge in [-0.15, -0.1) is 0 Å². The highest BCUT2D eigenvalue weighted by molar-refractivity contribution is 6.30. The van der Waals surface area contributed by atoms with Crippen molar-refractivity contribution in [1.82, 2.24) is 15.3 Å². The summed E-state index contributed by atoms with van der Waals surface area (Å²) in [7, 11) is 0. The fourth-order valence-electron chi connectivity index (χ4n) is 1.80. The molecular weight excluding hydrogens is 202 g/mol. The molecule has 1 aromatic rings. The lowest BCUT2D eigenvalue weighted by atomic mass is 9.92. The summed E-state index contributed by atoms with van der Waals surface area (Å²) < 4.78 is 0. The lowest BCUT2D eigenvalue weighted by molar-refractivity contribution is 0.458. The van der Waals surface area contributed by atoms with E-state index in [0.29, 0.717) is 11.1 Å². The Morgan fingerprint density at radius 2 is 2.14 bits per heavy atom. The quantitative estimate of drug-likeness (QED) is 0.682. The monoisotopic (exact) mass is 213 g/mol. The van der Waals surface area contributed by atoms with Crippen LogP contribution in [0.2, 0.25) is 5.15 Å². The van der Waals surface area contributed by atoms with Gasteiger partial charge >= 0.3 is 5.69 Å². The third kappa shape index (κ3) is 1.96. The number of hydrogen-bond donors (Lipinski definition) is 2. The van der Waals surface area contributed by atoms with Crippen LogP contribution in [-0.4, -0.2) is 23.1 Å². The fourth-order valence-corrected chi connectivity index (χ4v) is 2.08. The number of piperidine rings is 1. The van der Waals surface area contributed by atoms with E-state index in [0.717, 1.165) is 31.5 Å². The Labute approximate surface area is 86.7 Å². The van der Waals surface area contributed by atoms with Crippen LogP contribution in [0.1, 0.15) is 24.3 Å². The maximum atomic E-state index is 10.9. The van der Waals surface area contributed by atoms with Crippen molar-refractivity contribution in [3.05, 3.63) is 27.4 Å². The van der Waals surface area contributed by atoms with Crippen molar-refractivity contribution < 1.29 is 0 Å². The predicted octanol–water partition coefficient (Wildman–Crippen LogP) is 0.890. The second kappa shape index (κ2) is 4.11. The van der Waals surface area contributed by atoms with Crippen LogP contribution in [0.4, 0.5) is 0 Å². The summed E-state index contributed by atoms with van der Waals surface area (Å²) in [5.41, 5.74) is 0.584. The molecule has 0 aromatic carbocycles. The molecule has 1 saturated heterocycles. The number of aromatic amines is 1. The van der Waals surface area contributed by atoms with Crippen molar-refractivity contribution in [2.24, 2.45) is 0 Å². The third-order valence-electron chi connectivity index (χ3n) is 2.57. The molecule has 1 aliphatic rings. The molecule has 0 aliphatic carbocycles. The molecule has 0 unspecified atom stereocenters. The Morgan fingerprint density at radius 3 is 2.79 bits per heavy atom. The Kier molecular flexibility index (Phi) is 2.84. The van der Waals surface area contributed by atoms with Gasteiger partial charge in [-0.2, -0.15) is 0 Å². The highest BCUT2D eigenvalue weighted by atomic mass is 35.5. The first-order valence-electron chi connectivity index (χ1n) is 4.73. The summed E-state index contributed by atoms with van der Waals surface area (Å²) in [6, 6.07) is 0. The van der Waals surface area contributed by atoms with Crippen LogP contribution >= 0.6 is 11.6 Å². The number of aromatic nitrogens is 2.